The van der Waals surface area contributed by atoms with Gasteiger partial charge in [0.15, 0.2) is 16.2 Å². The molecule has 2 heterocycles. The van der Waals surface area contributed by atoms with Crippen molar-refractivity contribution in [2.45, 2.75) is 0 Å². The van der Waals surface area contributed by atoms with Gasteiger partial charge in [-0.05, 0) is 6.07 Å². The highest BCUT2D eigenvalue weighted by Gasteiger charge is 2.20. The lowest BCUT2D eigenvalue weighted by Gasteiger charge is -2.01. The minimum Gasteiger partial charge on any atom is -0.616 e. The van der Waals surface area contributed by atoms with Gasteiger partial charge >= 0.3 is 11.8 Å². The molecule has 18 heavy (non-hydrogen) atoms. The molecule has 0 aliphatic rings. The number of ether oxygens (including phenoxy) is 2. The zero-order valence-corrected chi connectivity index (χ0v) is 10.7. The van der Waals surface area contributed by atoms with Crippen LogP contribution >= 0.6 is 22.9 Å². The quantitative estimate of drug-likeness (QED) is 0.490. The fourth-order valence-corrected chi connectivity index (χ4v) is 2.18. The number of esters is 1. The van der Waals surface area contributed by atoms with Crippen LogP contribution in [0.25, 0.3) is 0 Å². The largest absolute Gasteiger partial charge is 0.616 e. The fraction of sp³-hybridized carbons (Fsp3) is 0.100. The number of methoxy groups -OCH3 is 1. The van der Waals surface area contributed by atoms with Crippen LogP contribution in [0.15, 0.2) is 24.4 Å². The van der Waals surface area contributed by atoms with Crippen molar-refractivity contribution >= 4 is 28.9 Å². The maximum absolute atomic E-state index is 11.3. The van der Waals surface area contributed by atoms with E-state index in [0.29, 0.717) is 4.73 Å². The van der Waals surface area contributed by atoms with Crippen molar-refractivity contribution < 1.29 is 19.0 Å². The second-order valence-electron chi connectivity index (χ2n) is 3.06. The van der Waals surface area contributed by atoms with Crippen molar-refractivity contribution in [1.82, 2.24) is 4.98 Å². The molecule has 6 nitrogen and oxygen atoms in total. The number of aromatic nitrogens is 2. The first kappa shape index (κ1) is 12.6. The van der Waals surface area contributed by atoms with Gasteiger partial charge in [-0.2, -0.15) is 4.98 Å². The first-order chi connectivity index (χ1) is 8.61. The Morgan fingerprint density at radius 2 is 2.33 bits per heavy atom. The number of carbonyl (C=O) groups is 1. The normalized spacial score (nSPS) is 10.1. The lowest BCUT2D eigenvalue weighted by molar-refractivity contribution is -0.611. The number of hydrogen-bond acceptors (Lipinski definition) is 6. The Labute approximate surface area is 111 Å². The molecule has 94 valence electrons. The Morgan fingerprint density at radius 1 is 1.56 bits per heavy atom. The summed E-state index contributed by atoms with van der Waals surface area (Å²) in [6, 6.07) is 4.68. The minimum absolute atomic E-state index is 0.0183. The summed E-state index contributed by atoms with van der Waals surface area (Å²) in [7, 11) is 1.24. The van der Waals surface area contributed by atoms with Crippen molar-refractivity contribution in [1.29, 1.82) is 0 Å². The third-order valence-corrected chi connectivity index (χ3v) is 3.22. The molecule has 0 spiro atoms. The van der Waals surface area contributed by atoms with Crippen LogP contribution < -0.4 is 9.47 Å². The average molecular weight is 287 g/mol. The third kappa shape index (κ3) is 2.52. The molecule has 0 unspecified atom stereocenters. The lowest BCUT2D eigenvalue weighted by Crippen LogP contribution is -2.26. The van der Waals surface area contributed by atoms with E-state index in [4.69, 9.17) is 16.3 Å². The zero-order chi connectivity index (χ0) is 13.1. The average Bonchev–Trinajstić information content (AvgIpc) is 2.72. The SMILES string of the molecule is COC(=O)c1sc(Oc2cccc[n+]2[O-])nc1Cl. The van der Waals surface area contributed by atoms with E-state index in [0.717, 1.165) is 11.3 Å². The Hall–Kier alpha value is -1.86. The monoisotopic (exact) mass is 286 g/mol. The Kier molecular flexibility index (Phi) is 3.63. The molecule has 0 saturated carbocycles. The topological polar surface area (TPSA) is 75.4 Å². The predicted molar refractivity (Wildman–Crippen MR) is 63.9 cm³/mol. The fourth-order valence-electron chi connectivity index (χ4n) is 1.13. The Balaban J connectivity index is 2.26. The van der Waals surface area contributed by atoms with Crippen molar-refractivity contribution in [3.05, 3.63) is 39.6 Å². The number of rotatable bonds is 3. The van der Waals surface area contributed by atoms with E-state index in [1.807, 2.05) is 0 Å². The van der Waals surface area contributed by atoms with Crippen LogP contribution in [0.3, 0.4) is 0 Å². The maximum atomic E-state index is 11.3. The summed E-state index contributed by atoms with van der Waals surface area (Å²) in [4.78, 5) is 15.3. The van der Waals surface area contributed by atoms with Gasteiger partial charge in [0.2, 0.25) is 0 Å². The highest BCUT2D eigenvalue weighted by Crippen LogP contribution is 2.31. The lowest BCUT2D eigenvalue weighted by atomic mass is 10.5. The molecule has 0 fully saturated rings. The number of halogens is 1. The summed E-state index contributed by atoms with van der Waals surface area (Å²) >= 11 is 6.66. The molecule has 0 amide bonds. The molecule has 2 aromatic rings. The van der Waals surface area contributed by atoms with Crippen LogP contribution in [0.4, 0.5) is 0 Å². The maximum Gasteiger partial charge on any atom is 0.386 e. The number of thiazole rings is 1. The van der Waals surface area contributed by atoms with Gasteiger partial charge in [-0.1, -0.05) is 22.9 Å². The van der Waals surface area contributed by atoms with E-state index in [9.17, 15) is 10.0 Å². The van der Waals surface area contributed by atoms with E-state index in [1.165, 1.54) is 19.4 Å². The van der Waals surface area contributed by atoms with Gasteiger partial charge in [-0.3, -0.25) is 0 Å². The molecular weight excluding hydrogens is 280 g/mol. The van der Waals surface area contributed by atoms with E-state index in [-0.39, 0.29) is 21.1 Å². The molecule has 0 aliphatic carbocycles. The molecule has 0 radical (unpaired) electrons. The van der Waals surface area contributed by atoms with Gasteiger partial charge in [-0.15, -0.1) is 4.73 Å². The summed E-state index contributed by atoms with van der Waals surface area (Å²) in [6.07, 6.45) is 1.28. The second kappa shape index (κ2) is 5.19. The minimum atomic E-state index is -0.601. The summed E-state index contributed by atoms with van der Waals surface area (Å²) in [5.74, 6) is -0.560. The zero-order valence-electron chi connectivity index (χ0n) is 9.12. The van der Waals surface area contributed by atoms with Crippen LogP contribution in [0.1, 0.15) is 9.67 Å². The Morgan fingerprint density at radius 3 is 3.00 bits per heavy atom. The van der Waals surface area contributed by atoms with Crippen LogP contribution in [0.2, 0.25) is 5.15 Å². The summed E-state index contributed by atoms with van der Waals surface area (Å²) in [5, 5.41) is 11.4. The molecule has 0 aromatic carbocycles. The number of pyridine rings is 1. The second-order valence-corrected chi connectivity index (χ2v) is 4.38. The molecular formula is C10H7ClN2O4S. The van der Waals surface area contributed by atoms with Gasteiger partial charge in [0.05, 0.1) is 13.2 Å². The van der Waals surface area contributed by atoms with E-state index < -0.39 is 5.97 Å². The molecule has 2 rings (SSSR count). The van der Waals surface area contributed by atoms with Crippen molar-refractivity contribution in [2.75, 3.05) is 7.11 Å². The van der Waals surface area contributed by atoms with Gasteiger partial charge in [-0.25, -0.2) is 4.79 Å². The van der Waals surface area contributed by atoms with Crippen molar-refractivity contribution in [3.8, 4) is 11.1 Å². The summed E-state index contributed by atoms with van der Waals surface area (Å²) in [5.41, 5.74) is 0. The van der Waals surface area contributed by atoms with E-state index in [2.05, 4.69) is 9.72 Å². The molecule has 0 atom stereocenters. The summed E-state index contributed by atoms with van der Waals surface area (Å²) < 4.78 is 10.3. The number of hydrogen-bond donors (Lipinski definition) is 0. The predicted octanol–water partition coefficient (Wildman–Crippen LogP) is 2.01. The van der Waals surface area contributed by atoms with Gasteiger partial charge in [0.25, 0.3) is 5.19 Å². The first-order valence-corrected chi connectivity index (χ1v) is 5.92. The number of carbonyl (C=O) groups excluding carboxylic acids is 1. The molecule has 0 bridgehead atoms. The van der Waals surface area contributed by atoms with E-state index in [1.54, 1.807) is 12.1 Å². The van der Waals surface area contributed by atoms with Gasteiger partial charge in [0, 0.05) is 6.07 Å². The molecule has 2 aromatic heterocycles. The molecule has 8 heteroatoms. The summed E-state index contributed by atoms with van der Waals surface area (Å²) in [6.45, 7) is 0. The van der Waals surface area contributed by atoms with Crippen LogP contribution in [0, 0.1) is 5.21 Å². The highest BCUT2D eigenvalue weighted by molar-refractivity contribution is 7.15. The highest BCUT2D eigenvalue weighted by atomic mass is 35.5. The van der Waals surface area contributed by atoms with Crippen LogP contribution in [-0.4, -0.2) is 18.1 Å². The smallest absolute Gasteiger partial charge is 0.386 e. The molecule has 0 N–H and O–H groups in total. The standard InChI is InChI=1S/C10H7ClN2O4S/c1-16-9(14)7-8(11)12-10(18-7)17-6-4-2-3-5-13(6)15/h2-5H,1H3. The number of nitrogens with zero attached hydrogens (tertiary/aromatic N) is 2. The van der Waals surface area contributed by atoms with Crippen LogP contribution in [-0.2, 0) is 4.74 Å². The van der Waals surface area contributed by atoms with Gasteiger partial charge in [0.1, 0.15) is 0 Å². The first-order valence-electron chi connectivity index (χ1n) is 4.72. The van der Waals surface area contributed by atoms with Crippen molar-refractivity contribution in [2.24, 2.45) is 0 Å². The van der Waals surface area contributed by atoms with Gasteiger partial charge < -0.3 is 14.7 Å². The van der Waals surface area contributed by atoms with Crippen LogP contribution in [0.5, 0.6) is 11.1 Å². The third-order valence-electron chi connectivity index (χ3n) is 1.92. The van der Waals surface area contributed by atoms with Crippen molar-refractivity contribution in [3.63, 3.8) is 0 Å². The van der Waals surface area contributed by atoms with E-state index >= 15 is 0 Å². The Bertz CT molecular complexity index is 587. The molecule has 0 saturated heterocycles. The molecule has 0 aliphatic heterocycles.